The van der Waals surface area contributed by atoms with Gasteiger partial charge >= 0.3 is 0 Å². The van der Waals surface area contributed by atoms with Crippen LogP contribution in [0.1, 0.15) is 33.1 Å². The molecule has 22 heavy (non-hydrogen) atoms. The summed E-state index contributed by atoms with van der Waals surface area (Å²) >= 11 is 1.40. The molecule has 2 heterocycles. The maximum atomic E-state index is 12.9. The first-order valence-electron chi connectivity index (χ1n) is 7.37. The highest BCUT2D eigenvalue weighted by Gasteiger charge is 2.29. The largest absolute Gasteiger partial charge is 0.334 e. The predicted molar refractivity (Wildman–Crippen MR) is 84.4 cm³/mol. The Labute approximate surface area is 132 Å². The van der Waals surface area contributed by atoms with Crippen LogP contribution < -0.4 is 5.73 Å². The maximum absolute atomic E-state index is 12.9. The Balaban J connectivity index is 1.70. The van der Waals surface area contributed by atoms with E-state index in [2.05, 4.69) is 4.98 Å². The molecule has 1 saturated heterocycles. The average Bonchev–Trinajstić information content (AvgIpc) is 3.17. The number of halogens is 1. The van der Waals surface area contributed by atoms with Crippen molar-refractivity contribution >= 4 is 17.2 Å². The molecule has 4 nitrogen and oxygen atoms in total. The number of carbonyl (C=O) groups excluding carboxylic acids is 1. The Morgan fingerprint density at radius 2 is 2.18 bits per heavy atom. The Kier molecular flexibility index (Phi) is 4.49. The van der Waals surface area contributed by atoms with Crippen LogP contribution in [0.4, 0.5) is 4.39 Å². The van der Waals surface area contributed by atoms with Gasteiger partial charge in [0.05, 0.1) is 11.2 Å². The zero-order valence-corrected chi connectivity index (χ0v) is 13.0. The minimum absolute atomic E-state index is 0.0239. The lowest BCUT2D eigenvalue weighted by Crippen LogP contribution is -2.39. The summed E-state index contributed by atoms with van der Waals surface area (Å²) in [4.78, 5) is 19.3. The van der Waals surface area contributed by atoms with E-state index in [1.54, 1.807) is 18.3 Å². The SMILES string of the molecule is NC[C@H]1CCCN1C(=O)c1cnc(Cc2ccc(F)cc2)s1. The molecule has 1 aliphatic rings. The van der Waals surface area contributed by atoms with Gasteiger partial charge in [-0.3, -0.25) is 4.79 Å². The van der Waals surface area contributed by atoms with E-state index in [0.29, 0.717) is 17.8 Å². The minimum Gasteiger partial charge on any atom is -0.334 e. The second-order valence-corrected chi connectivity index (χ2v) is 6.57. The highest BCUT2D eigenvalue weighted by atomic mass is 32.1. The van der Waals surface area contributed by atoms with Crippen LogP contribution in [0.25, 0.3) is 0 Å². The van der Waals surface area contributed by atoms with Gasteiger partial charge in [-0.1, -0.05) is 12.1 Å². The lowest BCUT2D eigenvalue weighted by atomic mass is 10.2. The van der Waals surface area contributed by atoms with Crippen LogP contribution in [-0.2, 0) is 6.42 Å². The number of likely N-dealkylation sites (tertiary alicyclic amines) is 1. The molecule has 2 N–H and O–H groups in total. The molecule has 0 spiro atoms. The zero-order chi connectivity index (χ0) is 15.5. The molecule has 0 aliphatic carbocycles. The number of nitrogens with two attached hydrogens (primary N) is 1. The monoisotopic (exact) mass is 319 g/mol. The van der Waals surface area contributed by atoms with Crippen molar-refractivity contribution in [3.8, 4) is 0 Å². The Morgan fingerprint density at radius 3 is 2.91 bits per heavy atom. The average molecular weight is 319 g/mol. The lowest BCUT2D eigenvalue weighted by Gasteiger charge is -2.22. The van der Waals surface area contributed by atoms with E-state index in [0.717, 1.165) is 30.0 Å². The molecule has 6 heteroatoms. The molecule has 0 unspecified atom stereocenters. The van der Waals surface area contributed by atoms with E-state index in [1.807, 2.05) is 4.90 Å². The fourth-order valence-electron chi connectivity index (χ4n) is 2.76. The maximum Gasteiger partial charge on any atom is 0.265 e. The standard InChI is InChI=1S/C16H18FN3OS/c17-12-5-3-11(4-6-12)8-15-19-10-14(22-15)16(21)20-7-1-2-13(20)9-18/h3-6,10,13H,1-2,7-9,18H2/t13-/m1/s1. The van der Waals surface area contributed by atoms with Gasteiger partial charge in [-0.25, -0.2) is 9.37 Å². The minimum atomic E-state index is -0.249. The Morgan fingerprint density at radius 1 is 1.41 bits per heavy atom. The molecule has 0 saturated carbocycles. The third kappa shape index (κ3) is 3.18. The van der Waals surface area contributed by atoms with Crippen LogP contribution in [0, 0.1) is 5.82 Å². The molecule has 2 aromatic rings. The van der Waals surface area contributed by atoms with Crippen LogP contribution in [-0.4, -0.2) is 34.9 Å². The number of thiazole rings is 1. The van der Waals surface area contributed by atoms with Gasteiger partial charge in [-0.15, -0.1) is 11.3 Å². The lowest BCUT2D eigenvalue weighted by molar-refractivity contribution is 0.0746. The topological polar surface area (TPSA) is 59.2 Å². The number of benzene rings is 1. The van der Waals surface area contributed by atoms with E-state index in [9.17, 15) is 9.18 Å². The molecule has 1 aromatic carbocycles. The van der Waals surface area contributed by atoms with Gasteiger partial charge in [-0.05, 0) is 30.5 Å². The van der Waals surface area contributed by atoms with Crippen molar-refractivity contribution in [2.75, 3.05) is 13.1 Å². The third-order valence-electron chi connectivity index (χ3n) is 3.94. The van der Waals surface area contributed by atoms with Crippen molar-refractivity contribution in [1.82, 2.24) is 9.88 Å². The van der Waals surface area contributed by atoms with Crippen molar-refractivity contribution in [3.63, 3.8) is 0 Å². The molecule has 1 amide bonds. The number of amides is 1. The van der Waals surface area contributed by atoms with Gasteiger partial charge in [0.2, 0.25) is 0 Å². The molecule has 1 atom stereocenters. The van der Waals surface area contributed by atoms with Crippen LogP contribution in [0.15, 0.2) is 30.5 Å². The van der Waals surface area contributed by atoms with E-state index in [1.165, 1.54) is 23.5 Å². The third-order valence-corrected chi connectivity index (χ3v) is 4.93. The highest BCUT2D eigenvalue weighted by molar-refractivity contribution is 7.13. The van der Waals surface area contributed by atoms with Crippen molar-refractivity contribution in [3.05, 3.63) is 51.7 Å². The first-order chi connectivity index (χ1) is 10.7. The summed E-state index contributed by atoms with van der Waals surface area (Å²) in [6.07, 6.45) is 4.23. The van der Waals surface area contributed by atoms with Crippen LogP contribution >= 0.6 is 11.3 Å². The molecule has 1 aromatic heterocycles. The van der Waals surface area contributed by atoms with Gasteiger partial charge in [0, 0.05) is 25.6 Å². The van der Waals surface area contributed by atoms with Crippen LogP contribution in [0.5, 0.6) is 0 Å². The van der Waals surface area contributed by atoms with E-state index in [4.69, 9.17) is 5.73 Å². The van der Waals surface area contributed by atoms with Gasteiger partial charge in [0.25, 0.3) is 5.91 Å². The summed E-state index contributed by atoms with van der Waals surface area (Å²) in [7, 11) is 0. The quantitative estimate of drug-likeness (QED) is 0.941. The number of hydrogen-bond acceptors (Lipinski definition) is 4. The summed E-state index contributed by atoms with van der Waals surface area (Å²) in [5.74, 6) is -0.226. The van der Waals surface area contributed by atoms with E-state index < -0.39 is 0 Å². The van der Waals surface area contributed by atoms with Gasteiger partial charge in [-0.2, -0.15) is 0 Å². The molecule has 0 bridgehead atoms. The molecular formula is C16H18FN3OS. The summed E-state index contributed by atoms with van der Waals surface area (Å²) in [5, 5.41) is 0.860. The van der Waals surface area contributed by atoms with Gasteiger partial charge < -0.3 is 10.6 Å². The highest BCUT2D eigenvalue weighted by Crippen LogP contribution is 2.23. The summed E-state index contributed by atoms with van der Waals surface area (Å²) in [6.45, 7) is 1.28. The number of hydrogen-bond donors (Lipinski definition) is 1. The van der Waals surface area contributed by atoms with Crippen molar-refractivity contribution in [2.24, 2.45) is 5.73 Å². The normalized spacial score (nSPS) is 17.9. The molecule has 0 radical (unpaired) electrons. The molecule has 1 fully saturated rings. The molecule has 116 valence electrons. The van der Waals surface area contributed by atoms with E-state index >= 15 is 0 Å². The van der Waals surface area contributed by atoms with Gasteiger partial charge in [0.15, 0.2) is 0 Å². The van der Waals surface area contributed by atoms with Crippen LogP contribution in [0.3, 0.4) is 0 Å². The smallest absolute Gasteiger partial charge is 0.265 e. The first kappa shape index (κ1) is 15.1. The summed E-state index contributed by atoms with van der Waals surface area (Å²) < 4.78 is 12.9. The molecule has 3 rings (SSSR count). The number of rotatable bonds is 4. The summed E-state index contributed by atoms with van der Waals surface area (Å²) in [5.41, 5.74) is 6.71. The van der Waals surface area contributed by atoms with Crippen molar-refractivity contribution in [1.29, 1.82) is 0 Å². The Bertz CT molecular complexity index is 656. The Hall–Kier alpha value is -1.79. The van der Waals surface area contributed by atoms with E-state index in [-0.39, 0.29) is 17.8 Å². The number of nitrogens with zero attached hydrogens (tertiary/aromatic N) is 2. The number of aromatic nitrogens is 1. The van der Waals surface area contributed by atoms with Crippen molar-refractivity contribution in [2.45, 2.75) is 25.3 Å². The second-order valence-electron chi connectivity index (χ2n) is 5.45. The fourth-order valence-corrected chi connectivity index (χ4v) is 3.67. The zero-order valence-electron chi connectivity index (χ0n) is 12.2. The first-order valence-corrected chi connectivity index (χ1v) is 8.19. The molecular weight excluding hydrogens is 301 g/mol. The second kappa shape index (κ2) is 6.54. The van der Waals surface area contributed by atoms with Crippen molar-refractivity contribution < 1.29 is 9.18 Å². The predicted octanol–water partition coefficient (Wildman–Crippen LogP) is 2.44. The summed E-state index contributed by atoms with van der Waals surface area (Å²) in [6, 6.07) is 6.50. The van der Waals surface area contributed by atoms with Gasteiger partial charge in [0.1, 0.15) is 10.7 Å². The number of carbonyl (C=O) groups is 1. The van der Waals surface area contributed by atoms with Crippen LogP contribution in [0.2, 0.25) is 0 Å². The fraction of sp³-hybridized carbons (Fsp3) is 0.375. The molecule has 1 aliphatic heterocycles.